The number of hydrogen-bond acceptors (Lipinski definition) is 6. The molecule has 1 aliphatic carbocycles. The maximum absolute atomic E-state index is 12.3. The Hall–Kier alpha value is -4.16. The zero-order valence-electron chi connectivity index (χ0n) is 17.3. The number of carbonyl (C=O) groups excluding carboxylic acids is 2. The van der Waals surface area contributed by atoms with Crippen LogP contribution in [0, 0.1) is 11.8 Å². The van der Waals surface area contributed by atoms with Gasteiger partial charge >= 0.3 is 12.1 Å². The second-order valence-electron chi connectivity index (χ2n) is 7.10. The summed E-state index contributed by atoms with van der Waals surface area (Å²) in [4.78, 5) is 38.8. The van der Waals surface area contributed by atoms with E-state index in [1.165, 1.54) is 11.3 Å². The molecule has 0 radical (unpaired) electrons. The number of carboxylic acid groups (broad SMARTS) is 1. The maximum atomic E-state index is 12.3. The second-order valence-corrected chi connectivity index (χ2v) is 8.04. The van der Waals surface area contributed by atoms with E-state index in [-0.39, 0.29) is 31.3 Å². The molecule has 8 nitrogen and oxygen atoms in total. The van der Waals surface area contributed by atoms with Crippen LogP contribution in [0.5, 0.6) is 0 Å². The van der Waals surface area contributed by atoms with Crippen molar-refractivity contribution >= 4 is 29.3 Å². The zero-order valence-corrected chi connectivity index (χ0v) is 18.1. The van der Waals surface area contributed by atoms with E-state index < -0.39 is 18.0 Å². The lowest BCUT2D eigenvalue weighted by atomic mass is 9.98. The van der Waals surface area contributed by atoms with Crippen molar-refractivity contribution in [1.29, 1.82) is 0 Å². The molecule has 0 bridgehead atoms. The smallest absolute Gasteiger partial charge is 0.407 e. The van der Waals surface area contributed by atoms with E-state index in [0.29, 0.717) is 5.01 Å². The highest BCUT2D eigenvalue weighted by molar-refractivity contribution is 7.09. The Balaban J connectivity index is 1.28. The monoisotopic (exact) mass is 461 g/mol. The van der Waals surface area contributed by atoms with Crippen molar-refractivity contribution in [2.24, 2.45) is 0 Å². The fraction of sp³-hybridized carbons (Fsp3) is 0.167. The summed E-state index contributed by atoms with van der Waals surface area (Å²) in [5, 5.41) is 15.6. The molecule has 33 heavy (non-hydrogen) atoms. The summed E-state index contributed by atoms with van der Waals surface area (Å²) in [5.74, 6) is 2.45. The van der Waals surface area contributed by atoms with Gasteiger partial charge in [0.25, 0.3) is 5.91 Å². The number of aromatic nitrogens is 1. The molecule has 0 aliphatic heterocycles. The van der Waals surface area contributed by atoms with Crippen LogP contribution in [0.4, 0.5) is 4.79 Å². The normalized spacial score (nSPS) is 11.5. The first-order chi connectivity index (χ1) is 16.0. The van der Waals surface area contributed by atoms with Gasteiger partial charge in [0, 0.05) is 17.2 Å². The van der Waals surface area contributed by atoms with Crippen molar-refractivity contribution in [3.05, 3.63) is 75.7 Å². The highest BCUT2D eigenvalue weighted by atomic mass is 32.1. The fourth-order valence-electron chi connectivity index (χ4n) is 3.63. The average molecular weight is 461 g/mol. The number of carbonyl (C=O) groups is 3. The predicted molar refractivity (Wildman–Crippen MR) is 122 cm³/mol. The molecular formula is C24H19N3O5S. The molecule has 1 aliphatic rings. The van der Waals surface area contributed by atoms with Crippen LogP contribution in [-0.4, -0.2) is 41.2 Å². The first-order valence-electron chi connectivity index (χ1n) is 10.1. The van der Waals surface area contributed by atoms with Gasteiger partial charge in [-0.25, -0.2) is 14.6 Å². The Morgan fingerprint density at radius 1 is 1.03 bits per heavy atom. The quantitative estimate of drug-likeness (QED) is 0.486. The third kappa shape index (κ3) is 5.19. The molecule has 0 unspecified atom stereocenters. The number of aliphatic carboxylic acids is 1. The van der Waals surface area contributed by atoms with Crippen molar-refractivity contribution in [2.75, 3.05) is 13.2 Å². The summed E-state index contributed by atoms with van der Waals surface area (Å²) in [6.07, 6.45) is -0.568. The molecule has 0 atom stereocenters. The van der Waals surface area contributed by atoms with Gasteiger partial charge < -0.3 is 20.5 Å². The number of nitrogens with zero attached hydrogens (tertiary/aromatic N) is 1. The van der Waals surface area contributed by atoms with E-state index >= 15 is 0 Å². The Bertz CT molecular complexity index is 1230. The lowest BCUT2D eigenvalue weighted by Gasteiger charge is -2.14. The van der Waals surface area contributed by atoms with E-state index in [1.807, 2.05) is 30.2 Å². The minimum absolute atomic E-state index is 0.0254. The van der Waals surface area contributed by atoms with E-state index in [4.69, 9.17) is 9.84 Å². The Morgan fingerprint density at radius 3 is 2.36 bits per heavy atom. The molecule has 9 heteroatoms. The predicted octanol–water partition coefficient (Wildman–Crippen LogP) is 3.00. The molecule has 3 aromatic rings. The molecular weight excluding hydrogens is 442 g/mol. The zero-order chi connectivity index (χ0) is 23.2. The first-order valence-corrected chi connectivity index (χ1v) is 10.9. The molecule has 0 spiro atoms. The Labute approximate surface area is 193 Å². The van der Waals surface area contributed by atoms with E-state index in [9.17, 15) is 14.4 Å². The summed E-state index contributed by atoms with van der Waals surface area (Å²) in [5.41, 5.74) is 4.75. The van der Waals surface area contributed by atoms with Crippen LogP contribution >= 0.6 is 11.3 Å². The highest BCUT2D eigenvalue weighted by Crippen LogP contribution is 2.44. The topological polar surface area (TPSA) is 118 Å². The number of fused-ring (bicyclic) bond motifs is 3. The van der Waals surface area contributed by atoms with Gasteiger partial charge in [-0.3, -0.25) is 4.79 Å². The molecule has 3 N–H and O–H groups in total. The number of rotatable bonds is 6. The largest absolute Gasteiger partial charge is 0.472 e. The van der Waals surface area contributed by atoms with Crippen LogP contribution in [0.1, 0.15) is 32.5 Å². The number of benzene rings is 2. The van der Waals surface area contributed by atoms with E-state index in [1.54, 1.807) is 5.38 Å². The molecule has 2 aromatic carbocycles. The van der Waals surface area contributed by atoms with Gasteiger partial charge in [0.05, 0.1) is 13.1 Å². The van der Waals surface area contributed by atoms with Gasteiger partial charge in [0.1, 0.15) is 17.3 Å². The number of nitrogens with one attached hydrogen (secondary N) is 2. The average Bonchev–Trinajstić information content (AvgIpc) is 3.42. The molecule has 166 valence electrons. The van der Waals surface area contributed by atoms with Crippen molar-refractivity contribution < 1.29 is 24.2 Å². The lowest BCUT2D eigenvalue weighted by molar-refractivity contribution is -0.130. The van der Waals surface area contributed by atoms with E-state index in [0.717, 1.165) is 22.3 Å². The van der Waals surface area contributed by atoms with Crippen molar-refractivity contribution in [1.82, 2.24) is 15.6 Å². The number of amides is 2. The SMILES string of the molecule is O=C(O)C#CCNC(=O)c1csc(CNC(=O)OCC2c3ccccc3-c3ccccc32)n1. The standard InChI is InChI=1S/C24H19N3O5S/c28-22(29)10-5-11-25-23(30)20-14-33-21(27-20)12-26-24(31)32-13-19-17-8-3-1-6-15(17)16-7-2-4-9-18(16)19/h1-4,6-9,14,19H,11-13H2,(H,25,30)(H,26,31)(H,28,29). The Kier molecular flexibility index (Phi) is 6.66. The minimum Gasteiger partial charge on any atom is -0.472 e. The third-order valence-electron chi connectivity index (χ3n) is 5.04. The summed E-state index contributed by atoms with van der Waals surface area (Å²) < 4.78 is 5.48. The minimum atomic E-state index is -1.26. The van der Waals surface area contributed by atoms with E-state index in [2.05, 4.69) is 45.8 Å². The van der Waals surface area contributed by atoms with Crippen molar-refractivity contribution in [3.8, 4) is 23.0 Å². The van der Waals surface area contributed by atoms with Crippen LogP contribution in [-0.2, 0) is 16.1 Å². The number of alkyl carbamates (subject to hydrolysis) is 1. The molecule has 0 saturated carbocycles. The number of thiazole rings is 1. The molecule has 2 amide bonds. The summed E-state index contributed by atoms with van der Waals surface area (Å²) in [6, 6.07) is 16.2. The second kappa shape index (κ2) is 9.97. The fourth-order valence-corrected chi connectivity index (χ4v) is 4.34. The highest BCUT2D eigenvalue weighted by Gasteiger charge is 2.29. The first kappa shape index (κ1) is 22.0. The molecule has 1 heterocycles. The number of ether oxygens (including phenoxy) is 1. The van der Waals surface area contributed by atoms with Crippen molar-refractivity contribution in [2.45, 2.75) is 12.5 Å². The van der Waals surface area contributed by atoms with Crippen LogP contribution in [0.15, 0.2) is 53.9 Å². The van der Waals surface area contributed by atoms with Gasteiger partial charge in [-0.05, 0) is 22.3 Å². The van der Waals surface area contributed by atoms with Crippen LogP contribution < -0.4 is 10.6 Å². The van der Waals surface area contributed by atoms with Crippen LogP contribution in [0.25, 0.3) is 11.1 Å². The molecule has 0 fully saturated rings. The third-order valence-corrected chi connectivity index (χ3v) is 5.89. The number of carboxylic acids is 1. The maximum Gasteiger partial charge on any atom is 0.407 e. The van der Waals surface area contributed by atoms with Gasteiger partial charge in [-0.15, -0.1) is 11.3 Å². The summed E-state index contributed by atoms with van der Waals surface area (Å²) in [7, 11) is 0. The summed E-state index contributed by atoms with van der Waals surface area (Å²) >= 11 is 1.22. The van der Waals surface area contributed by atoms with Crippen molar-refractivity contribution in [3.63, 3.8) is 0 Å². The van der Waals surface area contributed by atoms with Crippen LogP contribution in [0.3, 0.4) is 0 Å². The lowest BCUT2D eigenvalue weighted by Crippen LogP contribution is -2.26. The van der Waals surface area contributed by atoms with Gasteiger partial charge in [-0.2, -0.15) is 0 Å². The summed E-state index contributed by atoms with van der Waals surface area (Å²) in [6.45, 7) is 0.228. The van der Waals surface area contributed by atoms with Gasteiger partial charge in [0.2, 0.25) is 0 Å². The Morgan fingerprint density at radius 2 is 1.70 bits per heavy atom. The molecule has 0 saturated heterocycles. The molecule has 1 aromatic heterocycles. The van der Waals surface area contributed by atoms with Crippen LogP contribution in [0.2, 0.25) is 0 Å². The van der Waals surface area contributed by atoms with Gasteiger partial charge in [0.15, 0.2) is 0 Å². The number of hydrogen-bond donors (Lipinski definition) is 3. The molecule has 4 rings (SSSR count). The van der Waals surface area contributed by atoms with Gasteiger partial charge in [-0.1, -0.05) is 54.5 Å².